The third-order valence-electron chi connectivity index (χ3n) is 6.96. The third kappa shape index (κ3) is 5.23. The summed E-state index contributed by atoms with van der Waals surface area (Å²) in [5.41, 5.74) is 6.78. The standard InChI is InChI=1S/C30H31N5O3S/c1-19-10-11-21(16-20(19)2)34-15-7-9-25(34)29-28(23-8-5-6-14-31-23)33-30(39)35(29)22-12-13-26(38-4)24(17-22)32-27(36)18-37-3/h5-17,28-29H,18H2,1-4H3,(H,32,36)(H,33,39)/t28-,29-/m1/s1. The van der Waals surface area contributed by atoms with E-state index >= 15 is 0 Å². The number of nitrogens with one attached hydrogen (secondary N) is 2. The molecular formula is C30H31N5O3S. The number of hydrogen-bond acceptors (Lipinski definition) is 5. The van der Waals surface area contributed by atoms with Crippen molar-refractivity contribution in [3.05, 3.63) is 102 Å². The Morgan fingerprint density at radius 3 is 2.56 bits per heavy atom. The van der Waals surface area contributed by atoms with Crippen molar-refractivity contribution < 1.29 is 14.3 Å². The van der Waals surface area contributed by atoms with Gasteiger partial charge in [0.15, 0.2) is 5.11 Å². The average Bonchev–Trinajstić information content (AvgIpc) is 3.55. The molecule has 0 bridgehead atoms. The molecule has 2 atom stereocenters. The zero-order valence-electron chi connectivity index (χ0n) is 22.3. The summed E-state index contributed by atoms with van der Waals surface area (Å²) in [6.45, 7) is 4.17. The quantitative estimate of drug-likeness (QED) is 0.295. The topological polar surface area (TPSA) is 80.7 Å². The summed E-state index contributed by atoms with van der Waals surface area (Å²) in [5, 5.41) is 6.95. The number of aromatic nitrogens is 2. The molecule has 0 saturated carbocycles. The smallest absolute Gasteiger partial charge is 0.250 e. The van der Waals surface area contributed by atoms with Gasteiger partial charge in [-0.15, -0.1) is 0 Å². The van der Waals surface area contributed by atoms with Crippen LogP contribution in [-0.2, 0) is 9.53 Å². The third-order valence-corrected chi connectivity index (χ3v) is 7.28. The van der Waals surface area contributed by atoms with Gasteiger partial charge < -0.3 is 29.6 Å². The molecular weight excluding hydrogens is 510 g/mol. The van der Waals surface area contributed by atoms with Crippen molar-refractivity contribution in [3.8, 4) is 11.4 Å². The van der Waals surface area contributed by atoms with Crippen molar-refractivity contribution in [3.63, 3.8) is 0 Å². The average molecular weight is 542 g/mol. The lowest BCUT2D eigenvalue weighted by Gasteiger charge is -2.29. The second-order valence-electron chi connectivity index (χ2n) is 9.43. The first kappa shape index (κ1) is 26.4. The molecule has 2 aromatic carbocycles. The van der Waals surface area contributed by atoms with E-state index in [-0.39, 0.29) is 24.6 Å². The van der Waals surface area contributed by atoms with Crippen LogP contribution in [0.25, 0.3) is 5.69 Å². The van der Waals surface area contributed by atoms with E-state index in [1.165, 1.54) is 18.2 Å². The molecule has 0 unspecified atom stereocenters. The fraction of sp³-hybridized carbons (Fsp3) is 0.233. The fourth-order valence-corrected chi connectivity index (χ4v) is 5.29. The van der Waals surface area contributed by atoms with Gasteiger partial charge >= 0.3 is 0 Å². The second-order valence-corrected chi connectivity index (χ2v) is 9.82. The highest BCUT2D eigenvalue weighted by atomic mass is 32.1. The number of carbonyl (C=O) groups is 1. The molecule has 39 heavy (non-hydrogen) atoms. The van der Waals surface area contributed by atoms with Crippen LogP contribution < -0.4 is 20.3 Å². The first-order chi connectivity index (χ1) is 18.9. The van der Waals surface area contributed by atoms with Crippen LogP contribution in [0, 0.1) is 13.8 Å². The Bertz CT molecular complexity index is 1500. The lowest BCUT2D eigenvalue weighted by Crippen LogP contribution is -2.30. The number of ether oxygens (including phenoxy) is 2. The highest BCUT2D eigenvalue weighted by molar-refractivity contribution is 7.80. The first-order valence-corrected chi connectivity index (χ1v) is 13.0. The normalized spacial score (nSPS) is 16.7. The Kier molecular flexibility index (Phi) is 7.63. The summed E-state index contributed by atoms with van der Waals surface area (Å²) in [6.07, 6.45) is 3.86. The largest absolute Gasteiger partial charge is 0.495 e. The van der Waals surface area contributed by atoms with Gasteiger partial charge in [0.05, 0.1) is 24.5 Å². The van der Waals surface area contributed by atoms with E-state index in [2.05, 4.69) is 69.4 Å². The van der Waals surface area contributed by atoms with Crippen molar-refractivity contribution in [2.75, 3.05) is 31.0 Å². The highest BCUT2D eigenvalue weighted by Crippen LogP contribution is 2.43. The highest BCUT2D eigenvalue weighted by Gasteiger charge is 2.42. The van der Waals surface area contributed by atoms with E-state index < -0.39 is 0 Å². The van der Waals surface area contributed by atoms with Crippen LogP contribution in [0.1, 0.15) is 34.6 Å². The van der Waals surface area contributed by atoms with Crippen LogP contribution in [0.2, 0.25) is 0 Å². The molecule has 0 radical (unpaired) electrons. The monoisotopic (exact) mass is 541 g/mol. The minimum absolute atomic E-state index is 0.0646. The number of nitrogens with zero attached hydrogens (tertiary/aromatic N) is 3. The van der Waals surface area contributed by atoms with E-state index in [9.17, 15) is 4.79 Å². The minimum Gasteiger partial charge on any atom is -0.495 e. The van der Waals surface area contributed by atoms with Gasteiger partial charge in [0.25, 0.3) is 0 Å². The molecule has 5 rings (SSSR count). The summed E-state index contributed by atoms with van der Waals surface area (Å²) in [4.78, 5) is 19.1. The molecule has 2 N–H and O–H groups in total. The summed E-state index contributed by atoms with van der Waals surface area (Å²) in [7, 11) is 3.05. The van der Waals surface area contributed by atoms with Gasteiger partial charge in [0, 0.05) is 36.6 Å². The predicted octanol–water partition coefficient (Wildman–Crippen LogP) is 5.26. The van der Waals surface area contributed by atoms with E-state index in [1.807, 2.05) is 42.5 Å². The molecule has 200 valence electrons. The van der Waals surface area contributed by atoms with Crippen LogP contribution in [-0.4, -0.2) is 41.4 Å². The molecule has 0 spiro atoms. The summed E-state index contributed by atoms with van der Waals surface area (Å²) < 4.78 is 12.7. The number of aryl methyl sites for hydroxylation is 2. The fourth-order valence-electron chi connectivity index (χ4n) is 4.94. The molecule has 1 saturated heterocycles. The Labute approximate surface area is 233 Å². The lowest BCUT2D eigenvalue weighted by molar-refractivity contribution is -0.119. The van der Waals surface area contributed by atoms with Crippen LogP contribution in [0.4, 0.5) is 11.4 Å². The molecule has 1 fully saturated rings. The maximum Gasteiger partial charge on any atom is 0.250 e. The number of anilines is 2. The number of rotatable bonds is 8. The number of benzene rings is 2. The first-order valence-electron chi connectivity index (χ1n) is 12.6. The van der Waals surface area contributed by atoms with Crippen LogP contribution >= 0.6 is 12.2 Å². The Morgan fingerprint density at radius 2 is 1.85 bits per heavy atom. The maximum atomic E-state index is 12.4. The van der Waals surface area contributed by atoms with Gasteiger partial charge in [-0.3, -0.25) is 9.78 Å². The van der Waals surface area contributed by atoms with Crippen molar-refractivity contribution >= 4 is 34.6 Å². The van der Waals surface area contributed by atoms with Gasteiger partial charge in [-0.25, -0.2) is 0 Å². The Balaban J connectivity index is 1.63. The van der Waals surface area contributed by atoms with Crippen LogP contribution in [0.5, 0.6) is 5.75 Å². The lowest BCUT2D eigenvalue weighted by atomic mass is 10.0. The SMILES string of the molecule is COCC(=O)Nc1cc(N2C(=S)N[C@H](c3ccccn3)[C@H]2c2cccn2-c2ccc(C)c(C)c2)ccc1OC. The summed E-state index contributed by atoms with van der Waals surface area (Å²) in [5.74, 6) is 0.263. The maximum absolute atomic E-state index is 12.4. The minimum atomic E-state index is -0.276. The molecule has 1 aliphatic heterocycles. The number of hydrogen-bond donors (Lipinski definition) is 2. The number of thiocarbonyl (C=S) groups is 1. The summed E-state index contributed by atoms with van der Waals surface area (Å²) >= 11 is 5.92. The van der Waals surface area contributed by atoms with Crippen molar-refractivity contribution in [1.82, 2.24) is 14.9 Å². The van der Waals surface area contributed by atoms with Crippen molar-refractivity contribution in [2.45, 2.75) is 25.9 Å². The van der Waals surface area contributed by atoms with E-state index in [1.54, 1.807) is 13.3 Å². The number of pyridine rings is 1. The molecule has 8 nitrogen and oxygen atoms in total. The molecule has 0 aliphatic carbocycles. The zero-order valence-corrected chi connectivity index (χ0v) is 23.2. The number of carbonyl (C=O) groups excluding carboxylic acids is 1. The molecule has 2 aromatic heterocycles. The Morgan fingerprint density at radius 1 is 1.03 bits per heavy atom. The molecule has 3 heterocycles. The molecule has 1 amide bonds. The number of amides is 1. The zero-order chi connectivity index (χ0) is 27.5. The molecule has 1 aliphatic rings. The molecule has 9 heteroatoms. The van der Waals surface area contributed by atoms with E-state index in [0.29, 0.717) is 16.5 Å². The van der Waals surface area contributed by atoms with Gasteiger partial charge in [-0.05, 0) is 91.8 Å². The molecule has 4 aromatic rings. The predicted molar refractivity (Wildman–Crippen MR) is 157 cm³/mol. The Hall–Kier alpha value is -4.21. The van der Waals surface area contributed by atoms with Crippen molar-refractivity contribution in [1.29, 1.82) is 0 Å². The number of methoxy groups -OCH3 is 2. The van der Waals surface area contributed by atoms with Gasteiger partial charge in [0.1, 0.15) is 18.4 Å². The van der Waals surface area contributed by atoms with E-state index in [4.69, 9.17) is 21.7 Å². The summed E-state index contributed by atoms with van der Waals surface area (Å²) in [6, 6.07) is 21.7. The van der Waals surface area contributed by atoms with Crippen LogP contribution in [0.3, 0.4) is 0 Å². The van der Waals surface area contributed by atoms with Gasteiger partial charge in [-0.2, -0.15) is 0 Å². The van der Waals surface area contributed by atoms with Gasteiger partial charge in [0.2, 0.25) is 5.91 Å². The van der Waals surface area contributed by atoms with Crippen molar-refractivity contribution in [2.24, 2.45) is 0 Å². The second kappa shape index (κ2) is 11.3. The van der Waals surface area contributed by atoms with E-state index in [0.717, 1.165) is 22.8 Å². The van der Waals surface area contributed by atoms with Gasteiger partial charge in [-0.1, -0.05) is 12.1 Å². The van der Waals surface area contributed by atoms with Crippen LogP contribution in [0.15, 0.2) is 79.1 Å².